The van der Waals surface area contributed by atoms with Crippen molar-refractivity contribution in [3.63, 3.8) is 0 Å². The van der Waals surface area contributed by atoms with Crippen LogP contribution in [0.25, 0.3) is 0 Å². The second-order valence-corrected chi connectivity index (χ2v) is 4.42. The number of hydrogen-bond acceptors (Lipinski definition) is 4. The van der Waals surface area contributed by atoms with Crippen molar-refractivity contribution in [3.05, 3.63) is 12.7 Å². The zero-order chi connectivity index (χ0) is 12.1. The Labute approximate surface area is 100 Å². The largest absolute Gasteiger partial charge is 0.396 e. The Kier molecular flexibility index (Phi) is 4.08. The highest BCUT2D eigenvalue weighted by molar-refractivity contribution is 5.76. The van der Waals surface area contributed by atoms with E-state index in [4.69, 9.17) is 5.11 Å². The first kappa shape index (κ1) is 12.0. The smallest absolute Gasteiger partial charge is 0.224 e. The molecule has 0 atom stereocenters. The van der Waals surface area contributed by atoms with Crippen LogP contribution in [0.3, 0.4) is 0 Å². The lowest BCUT2D eigenvalue weighted by atomic mass is 9.98. The van der Waals surface area contributed by atoms with Gasteiger partial charge in [0.25, 0.3) is 0 Å². The van der Waals surface area contributed by atoms with E-state index in [0.29, 0.717) is 18.9 Å². The van der Waals surface area contributed by atoms with Gasteiger partial charge in [0, 0.05) is 26.1 Å². The van der Waals surface area contributed by atoms with Crippen LogP contribution in [-0.2, 0) is 11.3 Å². The fraction of sp³-hybridized carbons (Fsp3) is 0.727. The van der Waals surface area contributed by atoms with Crippen LogP contribution in [0.5, 0.6) is 0 Å². The predicted molar refractivity (Wildman–Crippen MR) is 61.0 cm³/mol. The van der Waals surface area contributed by atoms with Gasteiger partial charge in [0.1, 0.15) is 12.7 Å². The van der Waals surface area contributed by atoms with E-state index in [9.17, 15) is 4.79 Å². The Hall–Kier alpha value is -1.43. The molecule has 0 radical (unpaired) electrons. The quantitative estimate of drug-likeness (QED) is 0.795. The maximum atomic E-state index is 11.9. The number of rotatable bonds is 4. The van der Waals surface area contributed by atoms with Crippen molar-refractivity contribution in [2.75, 3.05) is 19.7 Å². The van der Waals surface area contributed by atoms with E-state index in [1.54, 1.807) is 11.0 Å². The second kappa shape index (κ2) is 5.77. The molecule has 17 heavy (non-hydrogen) atoms. The molecule has 1 aliphatic rings. The highest BCUT2D eigenvalue weighted by atomic mass is 16.3. The molecule has 2 rings (SSSR count). The van der Waals surface area contributed by atoms with Gasteiger partial charge < -0.3 is 10.0 Å². The van der Waals surface area contributed by atoms with Crippen molar-refractivity contribution in [2.24, 2.45) is 5.92 Å². The normalized spacial score (nSPS) is 17.4. The third-order valence-electron chi connectivity index (χ3n) is 3.25. The van der Waals surface area contributed by atoms with Crippen molar-refractivity contribution in [1.29, 1.82) is 0 Å². The van der Waals surface area contributed by atoms with Crippen LogP contribution in [0, 0.1) is 5.92 Å². The molecule has 0 aromatic carbocycles. The first-order valence-electron chi connectivity index (χ1n) is 6.00. The standard InChI is InChI=1S/C11H18N4O2/c16-7-10-1-4-14(5-2-10)11(17)3-6-15-9-12-8-13-15/h8-10,16H,1-7H2. The number of aromatic nitrogens is 3. The molecule has 0 saturated carbocycles. The number of likely N-dealkylation sites (tertiary alicyclic amines) is 1. The molecule has 1 aromatic rings. The summed E-state index contributed by atoms with van der Waals surface area (Å²) in [5.74, 6) is 0.534. The van der Waals surface area contributed by atoms with Crippen molar-refractivity contribution >= 4 is 5.91 Å². The van der Waals surface area contributed by atoms with E-state index in [1.807, 2.05) is 4.90 Å². The lowest BCUT2D eigenvalue weighted by Gasteiger charge is -2.31. The Balaban J connectivity index is 1.73. The molecule has 0 aliphatic carbocycles. The van der Waals surface area contributed by atoms with Gasteiger partial charge in [-0.2, -0.15) is 5.10 Å². The van der Waals surface area contributed by atoms with Gasteiger partial charge in [0.15, 0.2) is 0 Å². The molecule has 0 unspecified atom stereocenters. The number of carbonyl (C=O) groups excluding carboxylic acids is 1. The number of aliphatic hydroxyl groups is 1. The lowest BCUT2D eigenvalue weighted by Crippen LogP contribution is -2.39. The molecule has 1 fully saturated rings. The highest BCUT2D eigenvalue weighted by Gasteiger charge is 2.21. The fourth-order valence-corrected chi connectivity index (χ4v) is 2.08. The zero-order valence-corrected chi connectivity index (χ0v) is 9.83. The van der Waals surface area contributed by atoms with Crippen LogP contribution in [0.15, 0.2) is 12.7 Å². The number of nitrogens with zero attached hydrogens (tertiary/aromatic N) is 4. The summed E-state index contributed by atoms with van der Waals surface area (Å²) in [6, 6.07) is 0. The fourth-order valence-electron chi connectivity index (χ4n) is 2.08. The Morgan fingerprint density at radius 2 is 2.18 bits per heavy atom. The van der Waals surface area contributed by atoms with Crippen LogP contribution < -0.4 is 0 Å². The summed E-state index contributed by atoms with van der Waals surface area (Å²) in [5.41, 5.74) is 0. The Morgan fingerprint density at radius 3 is 2.76 bits per heavy atom. The van der Waals surface area contributed by atoms with Crippen LogP contribution in [0.4, 0.5) is 0 Å². The summed E-state index contributed by atoms with van der Waals surface area (Å²) < 4.78 is 1.67. The van der Waals surface area contributed by atoms with E-state index in [0.717, 1.165) is 25.9 Å². The maximum Gasteiger partial charge on any atom is 0.224 e. The molecule has 2 heterocycles. The van der Waals surface area contributed by atoms with Crippen LogP contribution in [-0.4, -0.2) is 50.4 Å². The second-order valence-electron chi connectivity index (χ2n) is 4.42. The van der Waals surface area contributed by atoms with Crippen LogP contribution in [0.2, 0.25) is 0 Å². The summed E-state index contributed by atoms with van der Waals surface area (Å²) in [6.07, 6.45) is 5.37. The third-order valence-corrected chi connectivity index (χ3v) is 3.25. The maximum absolute atomic E-state index is 11.9. The van der Waals surface area contributed by atoms with E-state index >= 15 is 0 Å². The van der Waals surface area contributed by atoms with Gasteiger partial charge in [-0.25, -0.2) is 4.98 Å². The SMILES string of the molecule is O=C(CCn1cncn1)N1CCC(CO)CC1. The molecular weight excluding hydrogens is 220 g/mol. The van der Waals surface area contributed by atoms with Gasteiger partial charge in [-0.05, 0) is 18.8 Å². The predicted octanol–water partition coefficient (Wildman–Crippen LogP) is -0.101. The first-order valence-corrected chi connectivity index (χ1v) is 6.00. The summed E-state index contributed by atoms with van der Waals surface area (Å²) in [7, 11) is 0. The number of carbonyl (C=O) groups is 1. The summed E-state index contributed by atoms with van der Waals surface area (Å²) >= 11 is 0. The Bertz CT molecular complexity index is 344. The van der Waals surface area contributed by atoms with Gasteiger partial charge in [-0.1, -0.05) is 0 Å². The molecule has 1 N–H and O–H groups in total. The molecule has 0 spiro atoms. The van der Waals surface area contributed by atoms with E-state index in [2.05, 4.69) is 10.1 Å². The molecular formula is C11H18N4O2. The van der Waals surface area contributed by atoms with Gasteiger partial charge in [0.05, 0.1) is 6.54 Å². The van der Waals surface area contributed by atoms with Crippen molar-refractivity contribution < 1.29 is 9.90 Å². The Morgan fingerprint density at radius 1 is 1.41 bits per heavy atom. The first-order chi connectivity index (χ1) is 8.29. The molecule has 0 bridgehead atoms. The zero-order valence-electron chi connectivity index (χ0n) is 9.83. The molecule has 1 aliphatic heterocycles. The average Bonchev–Trinajstić information content (AvgIpc) is 2.89. The number of aryl methyl sites for hydroxylation is 1. The minimum absolute atomic E-state index is 0.164. The monoisotopic (exact) mass is 238 g/mol. The molecule has 1 amide bonds. The van der Waals surface area contributed by atoms with Crippen molar-refractivity contribution in [2.45, 2.75) is 25.8 Å². The number of aliphatic hydroxyl groups excluding tert-OH is 1. The van der Waals surface area contributed by atoms with Gasteiger partial charge in [0.2, 0.25) is 5.91 Å². The van der Waals surface area contributed by atoms with Crippen LogP contribution in [0.1, 0.15) is 19.3 Å². The number of amides is 1. The van der Waals surface area contributed by atoms with Crippen molar-refractivity contribution in [3.8, 4) is 0 Å². The minimum atomic E-state index is 0.164. The highest BCUT2D eigenvalue weighted by Crippen LogP contribution is 2.16. The summed E-state index contributed by atoms with van der Waals surface area (Å²) in [6.45, 7) is 2.35. The van der Waals surface area contributed by atoms with Gasteiger partial charge in [-0.15, -0.1) is 0 Å². The number of piperidine rings is 1. The summed E-state index contributed by atoms with van der Waals surface area (Å²) in [4.78, 5) is 17.6. The minimum Gasteiger partial charge on any atom is -0.396 e. The third kappa shape index (κ3) is 3.26. The van der Waals surface area contributed by atoms with E-state index in [-0.39, 0.29) is 12.5 Å². The molecule has 6 heteroatoms. The average molecular weight is 238 g/mol. The van der Waals surface area contributed by atoms with Gasteiger partial charge in [-0.3, -0.25) is 9.48 Å². The molecule has 94 valence electrons. The molecule has 1 aromatic heterocycles. The summed E-state index contributed by atoms with van der Waals surface area (Å²) in [5, 5.41) is 13.0. The van der Waals surface area contributed by atoms with Crippen LogP contribution >= 0.6 is 0 Å². The topological polar surface area (TPSA) is 71.2 Å². The molecule has 1 saturated heterocycles. The van der Waals surface area contributed by atoms with Gasteiger partial charge >= 0.3 is 0 Å². The van der Waals surface area contributed by atoms with E-state index in [1.165, 1.54) is 6.33 Å². The molecule has 6 nitrogen and oxygen atoms in total. The van der Waals surface area contributed by atoms with Crippen molar-refractivity contribution in [1.82, 2.24) is 19.7 Å². The van der Waals surface area contributed by atoms with E-state index < -0.39 is 0 Å². The lowest BCUT2D eigenvalue weighted by molar-refractivity contribution is -0.133. The number of hydrogen-bond donors (Lipinski definition) is 1.